The van der Waals surface area contributed by atoms with Crippen LogP contribution < -0.4 is 4.72 Å². The van der Waals surface area contributed by atoms with Crippen LogP contribution in [0.15, 0.2) is 29.2 Å². The average Bonchev–Trinajstić information content (AvgIpc) is 2.84. The summed E-state index contributed by atoms with van der Waals surface area (Å²) < 4.78 is 27.1. The van der Waals surface area contributed by atoms with Crippen LogP contribution in [0.1, 0.15) is 24.8 Å². The minimum atomic E-state index is -3.36. The first-order valence-electron chi connectivity index (χ1n) is 6.65. The molecule has 2 atom stereocenters. The van der Waals surface area contributed by atoms with E-state index < -0.39 is 10.0 Å². The number of nitrogens with one attached hydrogen (secondary N) is 1. The molecule has 2 unspecified atom stereocenters. The number of hydrogen-bond acceptors (Lipinski definition) is 2. The molecule has 1 aromatic rings. The molecule has 1 fully saturated rings. The molecule has 1 aromatic carbocycles. The lowest BCUT2D eigenvalue weighted by atomic mass is 9.99. The second kappa shape index (κ2) is 6.37. The Kier molecular flexibility index (Phi) is 5.03. The van der Waals surface area contributed by atoms with Gasteiger partial charge in [-0.05, 0) is 43.7 Å². The van der Waals surface area contributed by atoms with E-state index in [4.69, 9.17) is 0 Å². The summed E-state index contributed by atoms with van der Waals surface area (Å²) >= 11 is 3.51. The van der Waals surface area contributed by atoms with Gasteiger partial charge in [-0.2, -0.15) is 0 Å². The average molecular weight is 346 g/mol. The molecule has 5 heteroatoms. The summed E-state index contributed by atoms with van der Waals surface area (Å²) in [5.74, 6) is 1.06. The van der Waals surface area contributed by atoms with E-state index in [2.05, 4.69) is 20.7 Å². The van der Waals surface area contributed by atoms with Crippen LogP contribution >= 0.6 is 15.9 Å². The van der Waals surface area contributed by atoms with Gasteiger partial charge in [0.05, 0.1) is 4.90 Å². The SMILES string of the molecule is Cc1ccc(S(=O)(=O)NCC2CCCC2CBr)cc1. The number of sulfonamides is 1. The molecule has 3 nitrogen and oxygen atoms in total. The predicted molar refractivity (Wildman–Crippen MR) is 81.0 cm³/mol. The molecule has 19 heavy (non-hydrogen) atoms. The Labute approximate surface area is 124 Å². The van der Waals surface area contributed by atoms with Crippen LogP contribution in [0.2, 0.25) is 0 Å². The van der Waals surface area contributed by atoms with Crippen molar-refractivity contribution >= 4 is 26.0 Å². The highest BCUT2D eigenvalue weighted by atomic mass is 79.9. The van der Waals surface area contributed by atoms with Gasteiger partial charge in [0.25, 0.3) is 0 Å². The van der Waals surface area contributed by atoms with E-state index in [1.807, 2.05) is 19.1 Å². The Morgan fingerprint density at radius 2 is 1.84 bits per heavy atom. The summed E-state index contributed by atoms with van der Waals surface area (Å²) in [7, 11) is -3.36. The first-order valence-corrected chi connectivity index (χ1v) is 9.25. The topological polar surface area (TPSA) is 46.2 Å². The fourth-order valence-electron chi connectivity index (χ4n) is 2.60. The second-order valence-corrected chi connectivity index (χ2v) is 7.68. The first-order chi connectivity index (χ1) is 9.03. The van der Waals surface area contributed by atoms with Crippen LogP contribution in [-0.2, 0) is 10.0 Å². The summed E-state index contributed by atoms with van der Waals surface area (Å²) in [6.07, 6.45) is 3.52. The lowest BCUT2D eigenvalue weighted by molar-refractivity contribution is 0.422. The van der Waals surface area contributed by atoms with Crippen molar-refractivity contribution < 1.29 is 8.42 Å². The fraction of sp³-hybridized carbons (Fsp3) is 0.571. The third-order valence-corrected chi connectivity index (χ3v) is 6.15. The van der Waals surface area contributed by atoms with Crippen LogP contribution in [0.4, 0.5) is 0 Å². The summed E-state index contributed by atoms with van der Waals surface area (Å²) in [5, 5.41) is 0.962. The summed E-state index contributed by atoms with van der Waals surface area (Å²) in [4.78, 5) is 0.353. The molecule has 1 aliphatic carbocycles. The van der Waals surface area contributed by atoms with E-state index in [9.17, 15) is 8.42 Å². The number of halogens is 1. The van der Waals surface area contributed by atoms with Crippen molar-refractivity contribution in [3.63, 3.8) is 0 Å². The zero-order valence-electron chi connectivity index (χ0n) is 11.1. The Balaban J connectivity index is 2.00. The maximum atomic E-state index is 12.2. The molecule has 1 saturated carbocycles. The van der Waals surface area contributed by atoms with E-state index in [0.29, 0.717) is 23.3 Å². The molecule has 0 saturated heterocycles. The highest BCUT2D eigenvalue weighted by Crippen LogP contribution is 2.32. The maximum Gasteiger partial charge on any atom is 0.240 e. The summed E-state index contributed by atoms with van der Waals surface area (Å²) in [6.45, 7) is 2.50. The van der Waals surface area contributed by atoms with Gasteiger partial charge in [0.2, 0.25) is 10.0 Å². The van der Waals surface area contributed by atoms with E-state index in [1.54, 1.807) is 12.1 Å². The number of aryl methyl sites for hydroxylation is 1. The molecule has 1 N–H and O–H groups in total. The van der Waals surface area contributed by atoms with Gasteiger partial charge < -0.3 is 0 Å². The number of rotatable bonds is 5. The van der Waals surface area contributed by atoms with Gasteiger partial charge in [0.1, 0.15) is 0 Å². The molecule has 0 aromatic heterocycles. The smallest absolute Gasteiger partial charge is 0.211 e. The number of alkyl halides is 1. The molecule has 0 amide bonds. The van der Waals surface area contributed by atoms with Gasteiger partial charge >= 0.3 is 0 Å². The lowest BCUT2D eigenvalue weighted by Crippen LogP contribution is -2.31. The largest absolute Gasteiger partial charge is 0.240 e. The van der Waals surface area contributed by atoms with Crippen molar-refractivity contribution in [2.45, 2.75) is 31.1 Å². The lowest BCUT2D eigenvalue weighted by Gasteiger charge is -2.17. The predicted octanol–water partition coefficient (Wildman–Crippen LogP) is 3.08. The Morgan fingerprint density at radius 3 is 2.47 bits per heavy atom. The van der Waals surface area contributed by atoms with Gasteiger partial charge in [-0.3, -0.25) is 0 Å². The number of hydrogen-bond donors (Lipinski definition) is 1. The third kappa shape index (κ3) is 3.80. The van der Waals surface area contributed by atoms with Gasteiger partial charge in [-0.15, -0.1) is 0 Å². The van der Waals surface area contributed by atoms with Crippen molar-refractivity contribution in [3.8, 4) is 0 Å². The van der Waals surface area contributed by atoms with Crippen molar-refractivity contribution in [3.05, 3.63) is 29.8 Å². The van der Waals surface area contributed by atoms with Gasteiger partial charge in [0.15, 0.2) is 0 Å². The molecule has 0 spiro atoms. The molecule has 0 bridgehead atoms. The van der Waals surface area contributed by atoms with Gasteiger partial charge in [-0.25, -0.2) is 13.1 Å². The molecular formula is C14H20BrNO2S. The standard InChI is InChI=1S/C14H20BrNO2S/c1-11-5-7-14(8-6-11)19(17,18)16-10-13-4-2-3-12(13)9-15/h5-8,12-13,16H,2-4,9-10H2,1H3. The molecular weight excluding hydrogens is 326 g/mol. The van der Waals surface area contributed by atoms with Crippen molar-refractivity contribution in [2.75, 3.05) is 11.9 Å². The first kappa shape index (κ1) is 15.0. The highest BCUT2D eigenvalue weighted by Gasteiger charge is 2.27. The van der Waals surface area contributed by atoms with Crippen LogP contribution in [0.5, 0.6) is 0 Å². The Morgan fingerprint density at radius 1 is 1.21 bits per heavy atom. The quantitative estimate of drug-likeness (QED) is 0.833. The third-order valence-electron chi connectivity index (χ3n) is 3.88. The summed E-state index contributed by atoms with van der Waals surface area (Å²) in [6, 6.07) is 6.97. The monoisotopic (exact) mass is 345 g/mol. The van der Waals surface area contributed by atoms with Crippen LogP contribution in [0.3, 0.4) is 0 Å². The Hall–Kier alpha value is -0.390. The Bertz CT molecular complexity index is 513. The molecule has 0 aliphatic heterocycles. The molecule has 106 valence electrons. The molecule has 0 radical (unpaired) electrons. The van der Waals surface area contributed by atoms with Gasteiger partial charge in [-0.1, -0.05) is 40.0 Å². The minimum Gasteiger partial charge on any atom is -0.211 e. The van der Waals surface area contributed by atoms with E-state index in [-0.39, 0.29) is 0 Å². The molecule has 0 heterocycles. The van der Waals surface area contributed by atoms with Crippen molar-refractivity contribution in [2.24, 2.45) is 11.8 Å². The summed E-state index contributed by atoms with van der Waals surface area (Å²) in [5.41, 5.74) is 1.06. The van der Waals surface area contributed by atoms with Crippen molar-refractivity contribution in [1.82, 2.24) is 4.72 Å². The zero-order valence-corrected chi connectivity index (χ0v) is 13.5. The fourth-order valence-corrected chi connectivity index (χ4v) is 4.55. The highest BCUT2D eigenvalue weighted by molar-refractivity contribution is 9.09. The van der Waals surface area contributed by atoms with Crippen molar-refractivity contribution in [1.29, 1.82) is 0 Å². The second-order valence-electron chi connectivity index (χ2n) is 5.27. The van der Waals surface area contributed by atoms with E-state index >= 15 is 0 Å². The van der Waals surface area contributed by atoms with Gasteiger partial charge in [0, 0.05) is 11.9 Å². The zero-order chi connectivity index (χ0) is 13.9. The van der Waals surface area contributed by atoms with E-state index in [1.165, 1.54) is 12.8 Å². The van der Waals surface area contributed by atoms with Crippen LogP contribution in [-0.4, -0.2) is 20.3 Å². The molecule has 2 rings (SSSR count). The molecule has 1 aliphatic rings. The normalized spacial score (nSPS) is 23.7. The maximum absolute atomic E-state index is 12.2. The van der Waals surface area contributed by atoms with E-state index in [0.717, 1.165) is 17.3 Å². The van der Waals surface area contributed by atoms with Crippen LogP contribution in [0, 0.1) is 18.8 Å². The number of benzene rings is 1. The minimum absolute atomic E-state index is 0.353. The van der Waals surface area contributed by atoms with Crippen LogP contribution in [0.25, 0.3) is 0 Å².